The van der Waals surface area contributed by atoms with Crippen molar-refractivity contribution < 1.29 is 14.3 Å². The maximum Gasteiger partial charge on any atom is 0.255 e. The van der Waals surface area contributed by atoms with E-state index in [0.717, 1.165) is 54.3 Å². The molecule has 2 amide bonds. The van der Waals surface area contributed by atoms with Crippen molar-refractivity contribution in [1.82, 2.24) is 10.2 Å². The molecule has 5 rings (SSSR count). The van der Waals surface area contributed by atoms with Crippen LogP contribution < -0.4 is 20.3 Å². The van der Waals surface area contributed by atoms with Gasteiger partial charge in [-0.15, -0.1) is 0 Å². The van der Waals surface area contributed by atoms with E-state index in [9.17, 15) is 9.59 Å². The van der Waals surface area contributed by atoms with Crippen LogP contribution in [0.3, 0.4) is 0 Å². The van der Waals surface area contributed by atoms with Crippen molar-refractivity contribution in [3.05, 3.63) is 77.4 Å². The number of nitrogens with zero attached hydrogens (tertiary/aromatic N) is 2. The maximum absolute atomic E-state index is 13.0. The molecule has 0 spiro atoms. The zero-order valence-corrected chi connectivity index (χ0v) is 19.4. The first-order valence-corrected chi connectivity index (χ1v) is 11.5. The summed E-state index contributed by atoms with van der Waals surface area (Å²) in [7, 11) is 3.76. The van der Waals surface area contributed by atoms with Crippen LogP contribution in [0.4, 0.5) is 11.4 Å². The van der Waals surface area contributed by atoms with E-state index in [1.165, 1.54) is 0 Å². The highest BCUT2D eigenvalue weighted by atomic mass is 16.5. The summed E-state index contributed by atoms with van der Waals surface area (Å²) in [4.78, 5) is 30.3. The lowest BCUT2D eigenvalue weighted by molar-refractivity contribution is 0.0966. The molecule has 0 radical (unpaired) electrons. The van der Waals surface area contributed by atoms with Crippen LogP contribution in [0.15, 0.2) is 60.7 Å². The Bertz CT molecular complexity index is 1230. The summed E-state index contributed by atoms with van der Waals surface area (Å²) in [6.45, 7) is 4.41. The number of rotatable bonds is 5. The third kappa shape index (κ3) is 4.10. The lowest BCUT2D eigenvalue weighted by Gasteiger charge is -2.34. The summed E-state index contributed by atoms with van der Waals surface area (Å²) in [6.07, 6.45) is 0. The number of hydrogen-bond donors (Lipinski definition) is 2. The Labute approximate surface area is 199 Å². The Morgan fingerprint density at radius 1 is 0.941 bits per heavy atom. The molecule has 0 unspecified atom stereocenters. The van der Waals surface area contributed by atoms with E-state index in [0.29, 0.717) is 23.4 Å². The van der Waals surface area contributed by atoms with Gasteiger partial charge in [0.05, 0.1) is 18.4 Å². The molecule has 7 nitrogen and oxygen atoms in total. The molecule has 174 valence electrons. The molecule has 0 aliphatic carbocycles. The van der Waals surface area contributed by atoms with Crippen molar-refractivity contribution in [2.45, 2.75) is 6.54 Å². The molecule has 2 N–H and O–H groups in total. The lowest BCUT2D eigenvalue weighted by Crippen LogP contribution is -2.44. The van der Waals surface area contributed by atoms with Gasteiger partial charge < -0.3 is 25.2 Å². The fourth-order valence-corrected chi connectivity index (χ4v) is 4.65. The molecule has 3 aromatic carbocycles. The lowest BCUT2D eigenvalue weighted by atomic mass is 9.95. The second kappa shape index (κ2) is 9.19. The molecule has 34 heavy (non-hydrogen) atoms. The average molecular weight is 457 g/mol. The number of para-hydroxylation sites is 1. The van der Waals surface area contributed by atoms with Crippen LogP contribution in [0.2, 0.25) is 0 Å². The SMILES string of the molecule is COc1ccccc1-c1ccc(NC(=O)c2ccc(N3CCN(C)CC3)cc2)c2c1CNC2=O. The first-order chi connectivity index (χ1) is 16.5. The Morgan fingerprint density at radius 3 is 2.41 bits per heavy atom. The predicted octanol–water partition coefficient (Wildman–Crippen LogP) is 3.61. The van der Waals surface area contributed by atoms with E-state index in [4.69, 9.17) is 4.74 Å². The molecule has 0 bridgehead atoms. The summed E-state index contributed by atoms with van der Waals surface area (Å²) < 4.78 is 5.52. The van der Waals surface area contributed by atoms with Crippen molar-refractivity contribution >= 4 is 23.2 Å². The molecular formula is C27H28N4O3. The normalized spacial score (nSPS) is 15.6. The summed E-state index contributed by atoms with van der Waals surface area (Å²) in [5, 5.41) is 5.84. The van der Waals surface area contributed by atoms with Gasteiger partial charge in [-0.1, -0.05) is 24.3 Å². The van der Waals surface area contributed by atoms with Crippen LogP contribution in [0, 0.1) is 0 Å². The number of anilines is 2. The fourth-order valence-electron chi connectivity index (χ4n) is 4.65. The summed E-state index contributed by atoms with van der Waals surface area (Å²) in [6, 6.07) is 19.1. The third-order valence-electron chi connectivity index (χ3n) is 6.61. The predicted molar refractivity (Wildman–Crippen MR) is 134 cm³/mol. The molecule has 0 atom stereocenters. The number of hydrogen-bond acceptors (Lipinski definition) is 5. The number of likely N-dealkylation sites (N-methyl/N-ethyl adjacent to an activating group) is 1. The van der Waals surface area contributed by atoms with Gasteiger partial charge in [-0.3, -0.25) is 9.59 Å². The second-order valence-corrected chi connectivity index (χ2v) is 8.69. The van der Waals surface area contributed by atoms with E-state index in [1.54, 1.807) is 13.2 Å². The molecular weight excluding hydrogens is 428 g/mol. The van der Waals surface area contributed by atoms with Crippen LogP contribution in [0.5, 0.6) is 5.75 Å². The van der Waals surface area contributed by atoms with Crippen molar-refractivity contribution in [3.63, 3.8) is 0 Å². The third-order valence-corrected chi connectivity index (χ3v) is 6.61. The number of methoxy groups -OCH3 is 1. The Balaban J connectivity index is 1.39. The van der Waals surface area contributed by atoms with Gasteiger partial charge in [-0.25, -0.2) is 0 Å². The Hall–Kier alpha value is -3.84. The van der Waals surface area contributed by atoms with Crippen molar-refractivity contribution in [1.29, 1.82) is 0 Å². The largest absolute Gasteiger partial charge is 0.496 e. The van der Waals surface area contributed by atoms with Crippen LogP contribution in [-0.4, -0.2) is 57.1 Å². The summed E-state index contributed by atoms with van der Waals surface area (Å²) in [5.74, 6) is 0.311. The molecule has 2 aliphatic heterocycles. The number of ether oxygens (including phenoxy) is 1. The highest BCUT2D eigenvalue weighted by Crippen LogP contribution is 2.38. The molecule has 0 saturated carbocycles. The minimum Gasteiger partial charge on any atom is -0.496 e. The summed E-state index contributed by atoms with van der Waals surface area (Å²) in [5.41, 5.74) is 5.38. The van der Waals surface area contributed by atoms with E-state index in [2.05, 4.69) is 27.5 Å². The molecule has 7 heteroatoms. The first-order valence-electron chi connectivity index (χ1n) is 11.5. The zero-order valence-electron chi connectivity index (χ0n) is 19.4. The fraction of sp³-hybridized carbons (Fsp3) is 0.259. The Morgan fingerprint density at radius 2 is 1.68 bits per heavy atom. The van der Waals surface area contributed by atoms with Gasteiger partial charge in [0.15, 0.2) is 0 Å². The van der Waals surface area contributed by atoms with Gasteiger partial charge in [0.1, 0.15) is 5.75 Å². The topological polar surface area (TPSA) is 73.9 Å². The van der Waals surface area contributed by atoms with E-state index < -0.39 is 0 Å². The number of benzene rings is 3. The summed E-state index contributed by atoms with van der Waals surface area (Å²) >= 11 is 0. The first kappa shape index (κ1) is 22.0. The molecule has 2 aliphatic rings. The van der Waals surface area contributed by atoms with E-state index in [1.807, 2.05) is 54.6 Å². The molecule has 1 fully saturated rings. The van der Waals surface area contributed by atoms with Gasteiger partial charge >= 0.3 is 0 Å². The number of piperazine rings is 1. The van der Waals surface area contributed by atoms with Crippen molar-refractivity contribution in [3.8, 4) is 16.9 Å². The molecule has 3 aromatic rings. The van der Waals surface area contributed by atoms with Gasteiger partial charge in [0, 0.05) is 49.5 Å². The number of amides is 2. The number of carbonyl (C=O) groups excluding carboxylic acids is 2. The monoisotopic (exact) mass is 456 g/mol. The minimum atomic E-state index is -0.239. The molecule has 2 heterocycles. The number of fused-ring (bicyclic) bond motifs is 1. The van der Waals surface area contributed by atoms with Crippen LogP contribution in [0.1, 0.15) is 26.3 Å². The highest BCUT2D eigenvalue weighted by Gasteiger charge is 2.27. The standard InChI is InChI=1S/C27H28N4O3/c1-30-13-15-31(16-14-30)19-9-7-18(8-10-19)26(32)29-23-12-11-20(22-17-28-27(33)25(22)23)21-5-3-4-6-24(21)34-2/h3-12H,13-17H2,1-2H3,(H,28,33)(H,29,32). The zero-order chi connectivity index (χ0) is 23.7. The van der Waals surface area contributed by atoms with Crippen LogP contribution in [-0.2, 0) is 6.54 Å². The smallest absolute Gasteiger partial charge is 0.255 e. The number of carbonyl (C=O) groups is 2. The maximum atomic E-state index is 13.0. The molecule has 1 saturated heterocycles. The van der Waals surface area contributed by atoms with Gasteiger partial charge in [0.25, 0.3) is 11.8 Å². The van der Waals surface area contributed by atoms with Crippen molar-refractivity contribution in [2.75, 3.05) is 50.6 Å². The van der Waals surface area contributed by atoms with E-state index in [-0.39, 0.29) is 11.8 Å². The highest BCUT2D eigenvalue weighted by molar-refractivity contribution is 6.11. The van der Waals surface area contributed by atoms with Gasteiger partial charge in [-0.2, -0.15) is 0 Å². The van der Waals surface area contributed by atoms with Crippen LogP contribution in [0.25, 0.3) is 11.1 Å². The van der Waals surface area contributed by atoms with Gasteiger partial charge in [0.2, 0.25) is 0 Å². The molecule has 0 aromatic heterocycles. The quantitative estimate of drug-likeness (QED) is 0.614. The van der Waals surface area contributed by atoms with Gasteiger partial charge in [-0.05, 0) is 54.6 Å². The second-order valence-electron chi connectivity index (χ2n) is 8.69. The average Bonchev–Trinajstić information content (AvgIpc) is 3.27. The number of nitrogens with one attached hydrogen (secondary N) is 2. The van der Waals surface area contributed by atoms with E-state index >= 15 is 0 Å². The van der Waals surface area contributed by atoms with Crippen LogP contribution >= 0.6 is 0 Å². The Kier molecular flexibility index (Phi) is 5.94. The minimum absolute atomic E-state index is 0.188. The van der Waals surface area contributed by atoms with Crippen molar-refractivity contribution in [2.24, 2.45) is 0 Å².